The van der Waals surface area contributed by atoms with Crippen LogP contribution in [0.4, 0.5) is 0 Å². The van der Waals surface area contributed by atoms with Crippen molar-refractivity contribution in [1.82, 2.24) is 19.6 Å². The number of esters is 1. The highest BCUT2D eigenvalue weighted by Crippen LogP contribution is 2.59. The number of thioether (sulfide) groups is 1. The zero-order valence-corrected chi connectivity index (χ0v) is 14.3. The van der Waals surface area contributed by atoms with E-state index in [0.29, 0.717) is 37.0 Å². The lowest BCUT2D eigenvalue weighted by Gasteiger charge is -2.42. The molecule has 2 bridgehead atoms. The number of nitrogens with one attached hydrogen (secondary N) is 1. The number of nitriles is 1. The van der Waals surface area contributed by atoms with Crippen LogP contribution in [0, 0.1) is 16.7 Å². The minimum atomic E-state index is -0.513. The van der Waals surface area contributed by atoms with Crippen molar-refractivity contribution in [2.24, 2.45) is 5.41 Å². The highest BCUT2D eigenvalue weighted by atomic mass is 32.2. The molecule has 5 rings (SSSR count). The molecule has 0 aromatic carbocycles. The number of rotatable bonds is 5. The molecule has 0 atom stereocenters. The quantitative estimate of drug-likeness (QED) is 0.603. The molecular weight excluding hydrogens is 346 g/mol. The monoisotopic (exact) mass is 361 g/mol. The van der Waals surface area contributed by atoms with E-state index in [0.717, 1.165) is 4.52 Å². The molecule has 1 N–H and O–H groups in total. The minimum Gasteiger partial charge on any atom is -0.465 e. The number of carbonyl (C=O) groups excluding carboxylic acids is 1. The minimum absolute atomic E-state index is 0.195. The lowest BCUT2D eigenvalue weighted by atomic mass is 9.63. The molecular formula is C15H15N5O4S. The van der Waals surface area contributed by atoms with E-state index in [1.807, 2.05) is 6.07 Å². The third-order valence-corrected chi connectivity index (χ3v) is 5.77. The molecule has 0 radical (unpaired) electrons. The van der Waals surface area contributed by atoms with Crippen LogP contribution in [0.1, 0.15) is 25.3 Å². The summed E-state index contributed by atoms with van der Waals surface area (Å²) in [6, 6.07) is 1.96. The predicted octanol–water partition coefficient (Wildman–Crippen LogP) is 0.494. The number of aromatic amines is 1. The molecule has 2 aromatic rings. The maximum Gasteiger partial charge on any atom is 0.350 e. The summed E-state index contributed by atoms with van der Waals surface area (Å²) < 4.78 is 12.0. The Morgan fingerprint density at radius 1 is 1.60 bits per heavy atom. The van der Waals surface area contributed by atoms with Crippen molar-refractivity contribution < 1.29 is 14.3 Å². The first kappa shape index (κ1) is 16.1. The number of H-pyrrole nitrogens is 1. The van der Waals surface area contributed by atoms with Gasteiger partial charge in [-0.05, 0) is 19.8 Å². The van der Waals surface area contributed by atoms with Crippen LogP contribution in [0.5, 0.6) is 0 Å². The molecule has 2 aliphatic heterocycles. The standard InChI is InChI=1S/C15H15N5O4S/c1-2-23-11(21)14-5-15(6-14,24-7-14)8-25-12-18-10-9(3-16)4-17-20(10)13(22)19-12/h4H,2,5-8H2,1H3,(H,18,19,22). The summed E-state index contributed by atoms with van der Waals surface area (Å²) in [5.41, 5.74) is -0.879. The highest BCUT2D eigenvalue weighted by molar-refractivity contribution is 7.99. The zero-order valence-electron chi connectivity index (χ0n) is 13.4. The topological polar surface area (TPSA) is 122 Å². The van der Waals surface area contributed by atoms with E-state index in [9.17, 15) is 9.59 Å². The fourth-order valence-electron chi connectivity index (χ4n) is 3.52. The molecule has 2 saturated heterocycles. The summed E-state index contributed by atoms with van der Waals surface area (Å²) in [7, 11) is 0. The number of nitrogens with zero attached hydrogens (tertiary/aromatic N) is 4. The van der Waals surface area contributed by atoms with Gasteiger partial charge in [-0.3, -0.25) is 9.78 Å². The highest BCUT2D eigenvalue weighted by Gasteiger charge is 2.66. The molecule has 130 valence electrons. The van der Waals surface area contributed by atoms with Gasteiger partial charge in [-0.15, -0.1) is 0 Å². The largest absolute Gasteiger partial charge is 0.465 e. The number of hydrogen-bond acceptors (Lipinski definition) is 8. The molecule has 3 aliphatic rings. The maximum absolute atomic E-state index is 12.0. The Bertz CT molecular complexity index is 953. The van der Waals surface area contributed by atoms with E-state index in [4.69, 9.17) is 14.7 Å². The molecule has 0 amide bonds. The molecule has 4 heterocycles. The van der Waals surface area contributed by atoms with Crippen molar-refractivity contribution in [3.63, 3.8) is 0 Å². The van der Waals surface area contributed by atoms with E-state index in [2.05, 4.69) is 15.1 Å². The third-order valence-electron chi connectivity index (χ3n) is 4.63. The summed E-state index contributed by atoms with van der Waals surface area (Å²) in [5.74, 6) is 0.363. The summed E-state index contributed by atoms with van der Waals surface area (Å²) in [5, 5.41) is 13.3. The molecule has 9 nitrogen and oxygen atoms in total. The van der Waals surface area contributed by atoms with Gasteiger partial charge in [0.25, 0.3) is 0 Å². The lowest BCUT2D eigenvalue weighted by Crippen LogP contribution is -2.50. The normalized spacial score (nSPS) is 27.0. The second-order valence-corrected chi connectivity index (χ2v) is 7.33. The van der Waals surface area contributed by atoms with Crippen LogP contribution in [-0.4, -0.2) is 50.1 Å². The van der Waals surface area contributed by atoms with Gasteiger partial charge in [0.2, 0.25) is 0 Å². The second kappa shape index (κ2) is 5.57. The van der Waals surface area contributed by atoms with Gasteiger partial charge in [-0.25, -0.2) is 9.78 Å². The average Bonchev–Trinajstić information content (AvgIpc) is 3.24. The SMILES string of the molecule is CCOC(=O)C12COC(CSc3nc4c(C#N)cnn4c(=O)[nH]3)(C1)C2. The first-order valence-corrected chi connectivity index (χ1v) is 8.82. The molecule has 0 spiro atoms. The van der Waals surface area contributed by atoms with Gasteiger partial charge in [-0.2, -0.15) is 14.9 Å². The Labute approximate surface area is 146 Å². The van der Waals surface area contributed by atoms with Crippen LogP contribution in [0.2, 0.25) is 0 Å². The second-order valence-electron chi connectivity index (χ2n) is 6.37. The van der Waals surface area contributed by atoms with Gasteiger partial charge in [0.05, 0.1) is 30.4 Å². The summed E-state index contributed by atoms with van der Waals surface area (Å²) in [6.07, 6.45) is 2.55. The van der Waals surface area contributed by atoms with Gasteiger partial charge in [0, 0.05) is 5.75 Å². The zero-order chi connectivity index (χ0) is 17.7. The number of carbonyl (C=O) groups is 1. The van der Waals surface area contributed by atoms with Crippen LogP contribution in [0.15, 0.2) is 16.1 Å². The summed E-state index contributed by atoms with van der Waals surface area (Å²) in [6.45, 7) is 2.52. The van der Waals surface area contributed by atoms with E-state index >= 15 is 0 Å². The van der Waals surface area contributed by atoms with Gasteiger partial charge >= 0.3 is 11.7 Å². The van der Waals surface area contributed by atoms with Gasteiger partial charge in [-0.1, -0.05) is 11.8 Å². The molecule has 25 heavy (non-hydrogen) atoms. The number of aromatic nitrogens is 4. The fraction of sp³-hybridized carbons (Fsp3) is 0.533. The molecule has 10 heteroatoms. The van der Waals surface area contributed by atoms with E-state index in [1.165, 1.54) is 18.0 Å². The first-order chi connectivity index (χ1) is 12.0. The van der Waals surface area contributed by atoms with Gasteiger partial charge in [0.1, 0.15) is 11.6 Å². The van der Waals surface area contributed by atoms with Crippen LogP contribution >= 0.6 is 11.8 Å². The van der Waals surface area contributed by atoms with Crippen molar-refractivity contribution >= 4 is 23.4 Å². The Balaban J connectivity index is 1.49. The van der Waals surface area contributed by atoms with Crippen molar-refractivity contribution in [3.8, 4) is 6.07 Å². The number of fused-ring (bicyclic) bond motifs is 2. The Morgan fingerprint density at radius 3 is 3.12 bits per heavy atom. The molecule has 3 fully saturated rings. The van der Waals surface area contributed by atoms with Crippen LogP contribution in [-0.2, 0) is 14.3 Å². The summed E-state index contributed by atoms with van der Waals surface area (Å²) >= 11 is 1.34. The lowest BCUT2D eigenvalue weighted by molar-refractivity contribution is -0.159. The van der Waals surface area contributed by atoms with Crippen molar-refractivity contribution in [2.45, 2.75) is 30.5 Å². The van der Waals surface area contributed by atoms with E-state index < -0.39 is 11.1 Å². The van der Waals surface area contributed by atoms with Crippen LogP contribution in [0.25, 0.3) is 5.65 Å². The Kier molecular flexibility index (Phi) is 3.59. The van der Waals surface area contributed by atoms with Crippen LogP contribution in [0.3, 0.4) is 0 Å². The first-order valence-electron chi connectivity index (χ1n) is 7.83. The molecule has 1 aliphatic carbocycles. The Hall–Kier alpha value is -2.38. The third kappa shape index (κ3) is 2.42. The van der Waals surface area contributed by atoms with E-state index in [1.54, 1.807) is 6.92 Å². The van der Waals surface area contributed by atoms with Crippen LogP contribution < -0.4 is 5.69 Å². The average molecular weight is 361 g/mol. The van der Waals surface area contributed by atoms with Gasteiger partial charge < -0.3 is 9.47 Å². The van der Waals surface area contributed by atoms with E-state index in [-0.39, 0.29) is 22.8 Å². The van der Waals surface area contributed by atoms with Gasteiger partial charge in [0.15, 0.2) is 10.8 Å². The summed E-state index contributed by atoms with van der Waals surface area (Å²) in [4.78, 5) is 31.0. The maximum atomic E-state index is 12.0. The molecule has 0 unspecified atom stereocenters. The smallest absolute Gasteiger partial charge is 0.350 e. The van der Waals surface area contributed by atoms with Crippen molar-refractivity contribution in [1.29, 1.82) is 5.26 Å². The van der Waals surface area contributed by atoms with Crippen molar-refractivity contribution in [2.75, 3.05) is 19.0 Å². The number of hydrogen-bond donors (Lipinski definition) is 1. The number of ether oxygens (including phenoxy) is 2. The fourth-order valence-corrected chi connectivity index (χ4v) is 4.52. The van der Waals surface area contributed by atoms with Crippen molar-refractivity contribution in [3.05, 3.63) is 22.2 Å². The molecule has 1 saturated carbocycles. The Morgan fingerprint density at radius 2 is 2.40 bits per heavy atom. The predicted molar refractivity (Wildman–Crippen MR) is 86.0 cm³/mol. The molecule has 2 aromatic heterocycles.